The van der Waals surface area contributed by atoms with Crippen LogP contribution in [0.1, 0.15) is 24.0 Å². The van der Waals surface area contributed by atoms with Gasteiger partial charge in [-0.1, -0.05) is 42.5 Å². The van der Waals surface area contributed by atoms with Crippen LogP contribution in [-0.2, 0) is 5.41 Å². The fraction of sp³-hybridized carbons (Fsp3) is 0.333. The molecule has 1 saturated heterocycles. The third-order valence-electron chi connectivity index (χ3n) is 4.36. The van der Waals surface area contributed by atoms with Crippen molar-refractivity contribution in [3.05, 3.63) is 65.7 Å². The number of hydrogen-bond donors (Lipinski definition) is 0. The second-order valence-corrected chi connectivity index (χ2v) is 5.35. The topological polar surface area (TPSA) is 23.3 Å². The van der Waals surface area contributed by atoms with Crippen LogP contribution in [0.25, 0.3) is 0 Å². The molecule has 0 saturated carbocycles. The lowest BCUT2D eigenvalue weighted by Gasteiger charge is -2.38. The van der Waals surface area contributed by atoms with E-state index in [0.29, 0.717) is 0 Å². The summed E-state index contributed by atoms with van der Waals surface area (Å²) >= 11 is 0. The first-order valence-electron chi connectivity index (χ1n) is 7.18. The molecular weight excluding hydrogens is 246 g/mol. The first-order valence-corrected chi connectivity index (χ1v) is 7.18. The lowest BCUT2D eigenvalue weighted by molar-refractivity contribution is 0.356. The number of rotatable bonds is 3. The number of ether oxygens (including phenoxy) is 1. The Bertz CT molecular complexity index is 541. The highest BCUT2D eigenvalue weighted by molar-refractivity contribution is 5.42. The number of hydrogen-bond acceptors (Lipinski definition) is 1. The van der Waals surface area contributed by atoms with Crippen LogP contribution < -0.4 is 10.1 Å². The second-order valence-electron chi connectivity index (χ2n) is 5.35. The summed E-state index contributed by atoms with van der Waals surface area (Å²) < 4.78 is 5.28. The average Bonchev–Trinajstić information content (AvgIpc) is 2.56. The summed E-state index contributed by atoms with van der Waals surface area (Å²) in [6.45, 7) is 1.89. The lowest BCUT2D eigenvalue weighted by Crippen LogP contribution is -2.37. The van der Waals surface area contributed by atoms with Gasteiger partial charge in [-0.15, -0.1) is 0 Å². The van der Waals surface area contributed by atoms with E-state index < -0.39 is 0 Å². The quantitative estimate of drug-likeness (QED) is 0.835. The van der Waals surface area contributed by atoms with Gasteiger partial charge in [0.05, 0.1) is 7.11 Å². The summed E-state index contributed by atoms with van der Waals surface area (Å²) in [5.41, 5.74) is 2.88. The van der Waals surface area contributed by atoms with Crippen LogP contribution in [0, 0.1) is 0 Å². The van der Waals surface area contributed by atoms with Gasteiger partial charge in [-0.2, -0.15) is 0 Å². The number of benzene rings is 2. The summed E-state index contributed by atoms with van der Waals surface area (Å²) in [6.07, 6.45) is 2.17. The van der Waals surface area contributed by atoms with Crippen molar-refractivity contribution in [1.82, 2.24) is 5.32 Å². The van der Waals surface area contributed by atoms with E-state index in [-0.39, 0.29) is 5.41 Å². The van der Waals surface area contributed by atoms with Gasteiger partial charge in [0.2, 0.25) is 0 Å². The van der Waals surface area contributed by atoms with Crippen LogP contribution in [0.15, 0.2) is 54.6 Å². The molecule has 1 aliphatic heterocycles. The number of nitrogens with zero attached hydrogens (tertiary/aromatic N) is 1. The molecule has 2 aromatic rings. The van der Waals surface area contributed by atoms with Gasteiger partial charge in [-0.3, -0.25) is 0 Å². The summed E-state index contributed by atoms with van der Waals surface area (Å²) in [6, 6.07) is 19.4. The van der Waals surface area contributed by atoms with Crippen LogP contribution in [0.2, 0.25) is 0 Å². The maximum Gasteiger partial charge on any atom is 0.118 e. The standard InChI is InChI=1S/C18H20NO/c1-20-17-9-7-16(8-10-17)18(11-13-19-14-12-18)15-5-3-2-4-6-15/h2-10H,11-14H2,1H3. The SMILES string of the molecule is COc1ccc(C2(c3ccccc3)CC[N]CC2)cc1. The Labute approximate surface area is 120 Å². The molecule has 20 heavy (non-hydrogen) atoms. The van der Waals surface area contributed by atoms with Gasteiger partial charge in [0, 0.05) is 18.5 Å². The molecule has 1 fully saturated rings. The molecule has 0 N–H and O–H groups in total. The molecule has 3 rings (SSSR count). The Kier molecular flexibility index (Phi) is 3.75. The van der Waals surface area contributed by atoms with Crippen LogP contribution in [0.3, 0.4) is 0 Å². The zero-order valence-electron chi connectivity index (χ0n) is 11.9. The highest BCUT2D eigenvalue weighted by Crippen LogP contribution is 2.40. The molecule has 2 aromatic carbocycles. The number of piperidine rings is 1. The smallest absolute Gasteiger partial charge is 0.118 e. The fourth-order valence-corrected chi connectivity index (χ4v) is 3.19. The monoisotopic (exact) mass is 266 g/mol. The lowest BCUT2D eigenvalue weighted by atomic mass is 9.68. The molecule has 0 aromatic heterocycles. The molecule has 1 aliphatic rings. The van der Waals surface area contributed by atoms with Gasteiger partial charge in [-0.25, -0.2) is 5.32 Å². The van der Waals surface area contributed by atoms with Crippen LogP contribution >= 0.6 is 0 Å². The Morgan fingerprint density at radius 2 is 1.45 bits per heavy atom. The second kappa shape index (κ2) is 5.68. The molecular formula is C18H20NO. The zero-order chi connectivity index (χ0) is 13.8. The largest absolute Gasteiger partial charge is 0.497 e. The minimum absolute atomic E-state index is 0.106. The number of methoxy groups -OCH3 is 1. The highest BCUT2D eigenvalue weighted by Gasteiger charge is 2.35. The molecule has 0 bridgehead atoms. The van der Waals surface area contributed by atoms with Crippen molar-refractivity contribution in [3.8, 4) is 5.75 Å². The van der Waals surface area contributed by atoms with Crippen LogP contribution in [0.4, 0.5) is 0 Å². The average molecular weight is 266 g/mol. The summed E-state index contributed by atoms with van der Waals surface area (Å²) in [7, 11) is 1.71. The predicted molar refractivity (Wildman–Crippen MR) is 81.3 cm³/mol. The first kappa shape index (κ1) is 13.2. The maximum atomic E-state index is 5.28. The van der Waals surface area contributed by atoms with E-state index in [9.17, 15) is 0 Å². The molecule has 103 valence electrons. The van der Waals surface area contributed by atoms with Crippen molar-refractivity contribution >= 4 is 0 Å². The van der Waals surface area contributed by atoms with E-state index in [4.69, 9.17) is 4.74 Å². The third kappa shape index (κ3) is 2.32. The Balaban J connectivity index is 2.05. The molecule has 0 unspecified atom stereocenters. The summed E-state index contributed by atoms with van der Waals surface area (Å²) in [4.78, 5) is 0. The minimum Gasteiger partial charge on any atom is -0.497 e. The van der Waals surface area contributed by atoms with Gasteiger partial charge in [0.1, 0.15) is 5.75 Å². The van der Waals surface area contributed by atoms with Crippen LogP contribution in [0.5, 0.6) is 5.75 Å². The van der Waals surface area contributed by atoms with E-state index in [2.05, 4.69) is 59.9 Å². The van der Waals surface area contributed by atoms with Crippen LogP contribution in [-0.4, -0.2) is 20.2 Å². The summed E-state index contributed by atoms with van der Waals surface area (Å²) in [5, 5.41) is 4.53. The van der Waals surface area contributed by atoms with E-state index in [1.54, 1.807) is 7.11 Å². The van der Waals surface area contributed by atoms with E-state index in [0.717, 1.165) is 31.7 Å². The molecule has 2 heteroatoms. The van der Waals surface area contributed by atoms with Gasteiger partial charge < -0.3 is 4.74 Å². The van der Waals surface area contributed by atoms with Crippen molar-refractivity contribution < 1.29 is 4.74 Å². The van der Waals surface area contributed by atoms with Gasteiger partial charge in [0.25, 0.3) is 0 Å². The molecule has 0 spiro atoms. The Hall–Kier alpha value is -1.80. The van der Waals surface area contributed by atoms with E-state index >= 15 is 0 Å². The predicted octanol–water partition coefficient (Wildman–Crippen LogP) is 3.38. The minimum atomic E-state index is 0.106. The first-order chi connectivity index (χ1) is 9.85. The maximum absolute atomic E-state index is 5.28. The molecule has 1 radical (unpaired) electrons. The normalized spacial score (nSPS) is 17.6. The van der Waals surface area contributed by atoms with E-state index in [1.807, 2.05) is 0 Å². The zero-order valence-corrected chi connectivity index (χ0v) is 11.9. The molecule has 2 nitrogen and oxygen atoms in total. The molecule has 0 amide bonds. The highest BCUT2D eigenvalue weighted by atomic mass is 16.5. The van der Waals surface area contributed by atoms with Crippen molar-refractivity contribution in [1.29, 1.82) is 0 Å². The van der Waals surface area contributed by atoms with E-state index in [1.165, 1.54) is 11.1 Å². The Morgan fingerprint density at radius 3 is 2.05 bits per heavy atom. The van der Waals surface area contributed by atoms with Crippen molar-refractivity contribution in [3.63, 3.8) is 0 Å². The molecule has 1 heterocycles. The van der Waals surface area contributed by atoms with Gasteiger partial charge in [-0.05, 0) is 36.1 Å². The third-order valence-corrected chi connectivity index (χ3v) is 4.36. The van der Waals surface area contributed by atoms with Crippen molar-refractivity contribution in [2.45, 2.75) is 18.3 Å². The van der Waals surface area contributed by atoms with Crippen molar-refractivity contribution in [2.24, 2.45) is 0 Å². The fourth-order valence-electron chi connectivity index (χ4n) is 3.19. The Morgan fingerprint density at radius 1 is 0.850 bits per heavy atom. The summed E-state index contributed by atoms with van der Waals surface area (Å²) in [5.74, 6) is 0.914. The van der Waals surface area contributed by atoms with Gasteiger partial charge in [0.15, 0.2) is 0 Å². The molecule has 0 aliphatic carbocycles. The van der Waals surface area contributed by atoms with Crippen molar-refractivity contribution in [2.75, 3.05) is 20.2 Å². The van der Waals surface area contributed by atoms with Gasteiger partial charge >= 0.3 is 0 Å². The molecule has 0 atom stereocenters.